The molecular formula is C12H18ClFN2O2S. The van der Waals surface area contributed by atoms with Crippen molar-refractivity contribution in [2.24, 2.45) is 0 Å². The third-order valence-corrected chi connectivity index (χ3v) is 4.61. The first kappa shape index (κ1) is 16.4. The zero-order valence-corrected chi connectivity index (χ0v) is 12.8. The van der Waals surface area contributed by atoms with Crippen LogP contribution in [0.15, 0.2) is 17.0 Å². The summed E-state index contributed by atoms with van der Waals surface area (Å²) in [5.41, 5.74) is 0.251. The first-order valence-electron chi connectivity index (χ1n) is 5.91. The molecule has 0 saturated heterocycles. The molecule has 0 saturated carbocycles. The van der Waals surface area contributed by atoms with Gasteiger partial charge in [0, 0.05) is 31.2 Å². The average molecular weight is 309 g/mol. The highest BCUT2D eigenvalue weighted by Gasteiger charge is 2.24. The van der Waals surface area contributed by atoms with Crippen LogP contribution < -0.4 is 5.32 Å². The number of sulfonamides is 1. The second-order valence-electron chi connectivity index (χ2n) is 4.34. The first-order chi connectivity index (χ1) is 8.80. The molecule has 0 aliphatic heterocycles. The lowest BCUT2D eigenvalue weighted by Crippen LogP contribution is -2.24. The van der Waals surface area contributed by atoms with Crippen LogP contribution in [0.1, 0.15) is 18.9 Å². The van der Waals surface area contributed by atoms with Gasteiger partial charge >= 0.3 is 0 Å². The molecule has 0 spiro atoms. The van der Waals surface area contributed by atoms with Crippen molar-refractivity contribution in [1.82, 2.24) is 9.62 Å². The van der Waals surface area contributed by atoms with Crippen LogP contribution in [-0.4, -0.2) is 33.4 Å². The van der Waals surface area contributed by atoms with E-state index in [2.05, 4.69) is 5.32 Å². The lowest BCUT2D eigenvalue weighted by Gasteiger charge is -2.14. The summed E-state index contributed by atoms with van der Waals surface area (Å²) in [6.45, 7) is 2.96. The summed E-state index contributed by atoms with van der Waals surface area (Å²) in [5, 5.41) is 3.22. The molecule has 7 heteroatoms. The minimum Gasteiger partial charge on any atom is -0.313 e. The predicted molar refractivity (Wildman–Crippen MR) is 74.3 cm³/mol. The van der Waals surface area contributed by atoms with E-state index in [0.717, 1.165) is 23.3 Å². The van der Waals surface area contributed by atoms with Crippen LogP contribution in [-0.2, 0) is 16.6 Å². The molecule has 1 rings (SSSR count). The molecule has 1 N–H and O–H groups in total. The van der Waals surface area contributed by atoms with Gasteiger partial charge in [-0.15, -0.1) is 0 Å². The van der Waals surface area contributed by atoms with Gasteiger partial charge in [0.2, 0.25) is 10.0 Å². The van der Waals surface area contributed by atoms with E-state index in [1.165, 1.54) is 20.2 Å². The number of hydrogen-bond donors (Lipinski definition) is 1. The molecule has 0 fully saturated rings. The number of nitrogens with zero attached hydrogens (tertiary/aromatic N) is 1. The average Bonchev–Trinajstić information content (AvgIpc) is 2.33. The third-order valence-electron chi connectivity index (χ3n) is 2.58. The van der Waals surface area contributed by atoms with Crippen LogP contribution in [0, 0.1) is 5.82 Å². The predicted octanol–water partition coefficient (Wildman–Crippen LogP) is 2.23. The third kappa shape index (κ3) is 3.89. The Kier molecular flexibility index (Phi) is 5.73. The molecule has 0 heterocycles. The smallest absolute Gasteiger partial charge is 0.245 e. The van der Waals surface area contributed by atoms with E-state index in [1.807, 2.05) is 6.92 Å². The van der Waals surface area contributed by atoms with E-state index >= 15 is 0 Å². The molecule has 0 unspecified atom stereocenters. The summed E-state index contributed by atoms with van der Waals surface area (Å²) in [6, 6.07) is 2.57. The lowest BCUT2D eigenvalue weighted by atomic mass is 10.2. The van der Waals surface area contributed by atoms with Crippen LogP contribution >= 0.6 is 11.6 Å². The summed E-state index contributed by atoms with van der Waals surface area (Å²) >= 11 is 5.87. The molecule has 0 aliphatic rings. The maximum Gasteiger partial charge on any atom is 0.245 e. The molecule has 1 aromatic carbocycles. The van der Waals surface area contributed by atoms with Crippen LogP contribution in [0.3, 0.4) is 0 Å². The lowest BCUT2D eigenvalue weighted by molar-refractivity contribution is 0.503. The van der Waals surface area contributed by atoms with Gasteiger partial charge < -0.3 is 5.32 Å². The summed E-state index contributed by atoms with van der Waals surface area (Å²) in [7, 11) is -1.13. The molecule has 19 heavy (non-hydrogen) atoms. The van der Waals surface area contributed by atoms with Gasteiger partial charge in [0.1, 0.15) is 10.7 Å². The zero-order valence-electron chi connectivity index (χ0n) is 11.2. The molecule has 108 valence electrons. The van der Waals surface area contributed by atoms with E-state index in [0.29, 0.717) is 0 Å². The standard InChI is InChI=1S/C12H18ClFN2O2S/c1-4-5-15-8-9-6-10(13)7-11(12(9)14)19(17,18)16(2)3/h6-7,15H,4-5,8H2,1-3H3. The number of hydrogen-bond acceptors (Lipinski definition) is 3. The van der Waals surface area contributed by atoms with Crippen molar-refractivity contribution in [3.8, 4) is 0 Å². The van der Waals surface area contributed by atoms with E-state index in [1.54, 1.807) is 0 Å². The summed E-state index contributed by atoms with van der Waals surface area (Å²) in [5.74, 6) is -0.748. The van der Waals surface area contributed by atoms with Crippen molar-refractivity contribution in [3.05, 3.63) is 28.5 Å². The Morgan fingerprint density at radius 1 is 1.37 bits per heavy atom. The molecular weight excluding hydrogens is 291 g/mol. The Hall–Kier alpha value is -0.690. The second kappa shape index (κ2) is 6.65. The van der Waals surface area contributed by atoms with Gasteiger partial charge in [-0.3, -0.25) is 0 Å². The normalized spacial score (nSPS) is 12.1. The Bertz CT molecular complexity index is 547. The second-order valence-corrected chi connectivity index (χ2v) is 6.90. The summed E-state index contributed by atoms with van der Waals surface area (Å²) in [6.07, 6.45) is 0.908. The quantitative estimate of drug-likeness (QED) is 0.820. The van der Waals surface area contributed by atoms with Crippen LogP contribution in [0.4, 0.5) is 4.39 Å². The van der Waals surface area contributed by atoms with Gasteiger partial charge in [-0.25, -0.2) is 17.1 Å². The van der Waals surface area contributed by atoms with Crippen molar-refractivity contribution in [2.75, 3.05) is 20.6 Å². The molecule has 0 bridgehead atoms. The largest absolute Gasteiger partial charge is 0.313 e. The zero-order chi connectivity index (χ0) is 14.6. The van der Waals surface area contributed by atoms with Crippen molar-refractivity contribution in [1.29, 1.82) is 0 Å². The fourth-order valence-corrected chi connectivity index (χ4v) is 2.86. The molecule has 0 aromatic heterocycles. The number of halogens is 2. The minimum absolute atomic E-state index is 0.204. The molecule has 0 radical (unpaired) electrons. The van der Waals surface area contributed by atoms with Gasteiger partial charge in [-0.2, -0.15) is 0 Å². The van der Waals surface area contributed by atoms with E-state index < -0.39 is 20.7 Å². The number of rotatable bonds is 6. The van der Waals surface area contributed by atoms with Crippen molar-refractivity contribution >= 4 is 21.6 Å². The minimum atomic E-state index is -3.84. The summed E-state index contributed by atoms with van der Waals surface area (Å²) in [4.78, 5) is -0.390. The number of nitrogens with one attached hydrogen (secondary N) is 1. The van der Waals surface area contributed by atoms with E-state index in [-0.39, 0.29) is 17.1 Å². The summed E-state index contributed by atoms with van der Waals surface area (Å²) < 4.78 is 39.2. The van der Waals surface area contributed by atoms with Gasteiger partial charge in [0.15, 0.2) is 0 Å². The van der Waals surface area contributed by atoms with Crippen LogP contribution in [0.25, 0.3) is 0 Å². The maximum atomic E-state index is 14.2. The monoisotopic (exact) mass is 308 g/mol. The Labute approximate surface area is 118 Å². The highest BCUT2D eigenvalue weighted by atomic mass is 35.5. The maximum absolute atomic E-state index is 14.2. The SMILES string of the molecule is CCCNCc1cc(Cl)cc(S(=O)(=O)N(C)C)c1F. The fraction of sp³-hybridized carbons (Fsp3) is 0.500. The van der Waals surface area contributed by atoms with Gasteiger partial charge in [0.05, 0.1) is 0 Å². The van der Waals surface area contributed by atoms with Crippen molar-refractivity contribution in [3.63, 3.8) is 0 Å². The Morgan fingerprint density at radius 2 is 2.00 bits per heavy atom. The highest BCUT2D eigenvalue weighted by Crippen LogP contribution is 2.25. The van der Waals surface area contributed by atoms with Gasteiger partial charge in [-0.05, 0) is 25.1 Å². The molecule has 0 aliphatic carbocycles. The molecule has 0 atom stereocenters. The Morgan fingerprint density at radius 3 is 2.53 bits per heavy atom. The fourth-order valence-electron chi connectivity index (χ4n) is 1.53. The first-order valence-corrected chi connectivity index (χ1v) is 7.73. The van der Waals surface area contributed by atoms with Crippen molar-refractivity contribution in [2.45, 2.75) is 24.8 Å². The Balaban J connectivity index is 3.21. The van der Waals surface area contributed by atoms with Gasteiger partial charge in [0.25, 0.3) is 0 Å². The molecule has 1 aromatic rings. The molecule has 4 nitrogen and oxygen atoms in total. The van der Waals surface area contributed by atoms with E-state index in [9.17, 15) is 12.8 Å². The highest BCUT2D eigenvalue weighted by molar-refractivity contribution is 7.89. The van der Waals surface area contributed by atoms with Crippen molar-refractivity contribution < 1.29 is 12.8 Å². The van der Waals surface area contributed by atoms with Crippen LogP contribution in [0.2, 0.25) is 5.02 Å². The van der Waals surface area contributed by atoms with E-state index in [4.69, 9.17) is 11.6 Å². The molecule has 0 amide bonds. The topological polar surface area (TPSA) is 49.4 Å². The number of benzene rings is 1. The van der Waals surface area contributed by atoms with Gasteiger partial charge in [-0.1, -0.05) is 18.5 Å². The van der Waals surface area contributed by atoms with Crippen LogP contribution in [0.5, 0.6) is 0 Å².